The third kappa shape index (κ3) is 5.13. The molecule has 8 heteroatoms. The molecule has 2 heterocycles. The fourth-order valence-electron chi connectivity index (χ4n) is 3.51. The smallest absolute Gasteiger partial charge is 0.152 e. The van der Waals surface area contributed by atoms with E-state index < -0.39 is 15.9 Å². The lowest BCUT2D eigenvalue weighted by molar-refractivity contribution is 0.0710. The summed E-state index contributed by atoms with van der Waals surface area (Å²) >= 11 is 0. The van der Waals surface area contributed by atoms with E-state index in [-0.39, 0.29) is 18.1 Å². The van der Waals surface area contributed by atoms with Crippen molar-refractivity contribution < 1.29 is 18.3 Å². The second-order valence-electron chi connectivity index (χ2n) is 7.66. The van der Waals surface area contributed by atoms with Crippen LogP contribution in [0.4, 0.5) is 0 Å². The standard InChI is InChI=1S/C22H25N3O4S/c1-16-23-12-20(13-24-16)18-2-3-19-11-22(5-4-17(19)10-18)29-15-21(26)14-25-6-8-30(27,28)9-7-25/h2-5,10-13,21,26H,6-9,14-15H2,1H3. The van der Waals surface area contributed by atoms with Crippen LogP contribution in [0, 0.1) is 6.92 Å². The monoisotopic (exact) mass is 427 g/mol. The first-order chi connectivity index (χ1) is 14.4. The number of ether oxygens (including phenoxy) is 1. The minimum atomic E-state index is -2.91. The van der Waals surface area contributed by atoms with Crippen molar-refractivity contribution in [2.24, 2.45) is 0 Å². The van der Waals surface area contributed by atoms with Gasteiger partial charge in [-0.25, -0.2) is 18.4 Å². The van der Waals surface area contributed by atoms with Crippen molar-refractivity contribution in [2.75, 3.05) is 37.7 Å². The highest BCUT2D eigenvalue weighted by molar-refractivity contribution is 7.91. The average Bonchev–Trinajstić information content (AvgIpc) is 2.74. The van der Waals surface area contributed by atoms with E-state index in [1.165, 1.54) is 0 Å². The number of nitrogens with zero attached hydrogens (tertiary/aromatic N) is 3. The number of rotatable bonds is 6. The molecular weight excluding hydrogens is 402 g/mol. The number of aromatic nitrogens is 2. The van der Waals surface area contributed by atoms with E-state index in [1.54, 1.807) is 0 Å². The first-order valence-electron chi connectivity index (χ1n) is 9.94. The van der Waals surface area contributed by atoms with E-state index in [2.05, 4.69) is 16.0 Å². The minimum Gasteiger partial charge on any atom is -0.491 e. The SMILES string of the molecule is Cc1ncc(-c2ccc3cc(OCC(O)CN4CCS(=O)(=O)CC4)ccc3c2)cn1. The third-order valence-electron chi connectivity index (χ3n) is 5.27. The van der Waals surface area contributed by atoms with Gasteiger partial charge in [-0.05, 0) is 41.5 Å². The van der Waals surface area contributed by atoms with Gasteiger partial charge in [0.05, 0.1) is 11.5 Å². The lowest BCUT2D eigenvalue weighted by Gasteiger charge is -2.28. The Balaban J connectivity index is 1.36. The summed E-state index contributed by atoms with van der Waals surface area (Å²) in [6, 6.07) is 12.0. The second-order valence-corrected chi connectivity index (χ2v) is 9.96. The van der Waals surface area contributed by atoms with Crippen molar-refractivity contribution in [3.63, 3.8) is 0 Å². The van der Waals surface area contributed by atoms with Crippen LogP contribution < -0.4 is 4.74 Å². The van der Waals surface area contributed by atoms with Crippen molar-refractivity contribution in [1.82, 2.24) is 14.9 Å². The number of β-amino-alcohol motifs (C(OH)–C–C–N with tert-alkyl or cyclic N) is 1. The zero-order valence-corrected chi connectivity index (χ0v) is 17.7. The third-order valence-corrected chi connectivity index (χ3v) is 6.88. The number of aryl methyl sites for hydroxylation is 1. The maximum Gasteiger partial charge on any atom is 0.152 e. The fourth-order valence-corrected chi connectivity index (χ4v) is 4.79. The van der Waals surface area contributed by atoms with Gasteiger partial charge in [-0.2, -0.15) is 0 Å². The normalized spacial score (nSPS) is 17.7. The summed E-state index contributed by atoms with van der Waals surface area (Å²) in [5.74, 6) is 1.74. The van der Waals surface area contributed by atoms with Crippen LogP contribution in [0.3, 0.4) is 0 Å². The Morgan fingerprint density at radius 3 is 2.43 bits per heavy atom. The van der Waals surface area contributed by atoms with Gasteiger partial charge >= 0.3 is 0 Å². The molecule has 4 rings (SSSR count). The van der Waals surface area contributed by atoms with Gasteiger partial charge in [-0.1, -0.05) is 18.2 Å². The number of aliphatic hydroxyl groups excluding tert-OH is 1. The van der Waals surface area contributed by atoms with Gasteiger partial charge in [0.25, 0.3) is 0 Å². The summed E-state index contributed by atoms with van der Waals surface area (Å²) < 4.78 is 28.8. The van der Waals surface area contributed by atoms with E-state index in [1.807, 2.05) is 54.5 Å². The molecule has 3 aromatic rings. The van der Waals surface area contributed by atoms with Crippen molar-refractivity contribution in [2.45, 2.75) is 13.0 Å². The molecule has 1 aliphatic heterocycles. The van der Waals surface area contributed by atoms with E-state index in [4.69, 9.17) is 4.74 Å². The molecular formula is C22H25N3O4S. The van der Waals surface area contributed by atoms with Crippen molar-refractivity contribution >= 4 is 20.6 Å². The predicted molar refractivity (Wildman–Crippen MR) is 116 cm³/mol. The summed E-state index contributed by atoms with van der Waals surface area (Å²) in [4.78, 5) is 10.5. The zero-order chi connectivity index (χ0) is 21.1. The Hall–Kier alpha value is -2.55. The van der Waals surface area contributed by atoms with Gasteiger partial charge in [-0.15, -0.1) is 0 Å². The van der Waals surface area contributed by atoms with Gasteiger partial charge in [0.15, 0.2) is 9.84 Å². The van der Waals surface area contributed by atoms with Crippen LogP contribution in [0.5, 0.6) is 5.75 Å². The van der Waals surface area contributed by atoms with Crippen LogP contribution >= 0.6 is 0 Å². The molecule has 1 atom stereocenters. The van der Waals surface area contributed by atoms with Crippen LogP contribution in [0.15, 0.2) is 48.8 Å². The molecule has 7 nitrogen and oxygen atoms in total. The first kappa shape index (κ1) is 20.7. The summed E-state index contributed by atoms with van der Waals surface area (Å²) in [6.45, 7) is 3.35. The number of fused-ring (bicyclic) bond motifs is 1. The van der Waals surface area contributed by atoms with Gasteiger partial charge in [0.2, 0.25) is 0 Å². The molecule has 1 unspecified atom stereocenters. The maximum absolute atomic E-state index is 11.5. The Morgan fingerprint density at radius 2 is 1.70 bits per heavy atom. The second kappa shape index (κ2) is 8.67. The summed E-state index contributed by atoms with van der Waals surface area (Å²) in [5.41, 5.74) is 2.02. The van der Waals surface area contributed by atoms with Gasteiger partial charge in [0.1, 0.15) is 24.3 Å². The minimum absolute atomic E-state index is 0.155. The Labute approximate surface area is 176 Å². The van der Waals surface area contributed by atoms with Gasteiger partial charge < -0.3 is 9.84 Å². The molecule has 158 valence electrons. The quantitative estimate of drug-likeness (QED) is 0.644. The first-order valence-corrected chi connectivity index (χ1v) is 11.8. The highest BCUT2D eigenvalue weighted by Gasteiger charge is 2.23. The van der Waals surface area contributed by atoms with Crippen LogP contribution in [-0.4, -0.2) is 72.2 Å². The fraction of sp³-hybridized carbons (Fsp3) is 0.364. The maximum atomic E-state index is 11.5. The summed E-state index contributed by atoms with van der Waals surface area (Å²) in [7, 11) is -2.91. The highest BCUT2D eigenvalue weighted by atomic mass is 32.2. The summed E-state index contributed by atoms with van der Waals surface area (Å²) in [5, 5.41) is 12.4. The largest absolute Gasteiger partial charge is 0.491 e. The number of sulfone groups is 1. The van der Waals surface area contributed by atoms with Crippen LogP contribution in [-0.2, 0) is 9.84 Å². The van der Waals surface area contributed by atoms with Crippen molar-refractivity contribution in [3.05, 3.63) is 54.6 Å². The molecule has 0 radical (unpaired) electrons. The lowest BCUT2D eigenvalue weighted by Crippen LogP contribution is -2.44. The predicted octanol–water partition coefficient (Wildman–Crippen LogP) is 2.08. The summed E-state index contributed by atoms with van der Waals surface area (Å²) in [6.07, 6.45) is 2.96. The molecule has 1 aliphatic rings. The van der Waals surface area contributed by atoms with Crippen LogP contribution in [0.2, 0.25) is 0 Å². The van der Waals surface area contributed by atoms with E-state index >= 15 is 0 Å². The topological polar surface area (TPSA) is 92.6 Å². The molecule has 0 bridgehead atoms. The van der Waals surface area contributed by atoms with E-state index in [0.717, 1.165) is 27.7 Å². The molecule has 30 heavy (non-hydrogen) atoms. The Morgan fingerprint density at radius 1 is 1.03 bits per heavy atom. The molecule has 0 aliphatic carbocycles. The number of hydrogen-bond acceptors (Lipinski definition) is 7. The van der Waals surface area contributed by atoms with Gasteiger partial charge in [-0.3, -0.25) is 4.90 Å². The lowest BCUT2D eigenvalue weighted by atomic mass is 10.0. The molecule has 1 fully saturated rings. The van der Waals surface area contributed by atoms with Crippen LogP contribution in [0.25, 0.3) is 21.9 Å². The zero-order valence-electron chi connectivity index (χ0n) is 16.9. The number of aliphatic hydroxyl groups is 1. The van der Waals surface area contributed by atoms with Gasteiger partial charge in [0, 0.05) is 37.6 Å². The molecule has 0 saturated carbocycles. The van der Waals surface area contributed by atoms with Crippen molar-refractivity contribution in [1.29, 1.82) is 0 Å². The molecule has 1 N–H and O–H groups in total. The van der Waals surface area contributed by atoms with E-state index in [9.17, 15) is 13.5 Å². The average molecular weight is 428 g/mol. The number of benzene rings is 2. The van der Waals surface area contributed by atoms with Crippen molar-refractivity contribution in [3.8, 4) is 16.9 Å². The molecule has 2 aromatic carbocycles. The molecule has 1 saturated heterocycles. The highest BCUT2D eigenvalue weighted by Crippen LogP contribution is 2.26. The Kier molecular flexibility index (Phi) is 5.99. The number of hydrogen-bond donors (Lipinski definition) is 1. The van der Waals surface area contributed by atoms with E-state index in [0.29, 0.717) is 25.4 Å². The molecule has 0 amide bonds. The van der Waals surface area contributed by atoms with Crippen LogP contribution in [0.1, 0.15) is 5.82 Å². The molecule has 1 aromatic heterocycles. The molecule has 0 spiro atoms. The Bertz CT molecular complexity index is 1120.